The normalized spacial score (nSPS) is 14.9. The first kappa shape index (κ1) is 18.7. The number of carbonyl (C=O) groups is 1. The Morgan fingerprint density at radius 1 is 1.27 bits per heavy atom. The van der Waals surface area contributed by atoms with E-state index in [0.717, 1.165) is 45.7 Å². The summed E-state index contributed by atoms with van der Waals surface area (Å²) in [5.74, 6) is 0.0115. The Morgan fingerprint density at radius 2 is 2.00 bits per heavy atom. The largest absolute Gasteiger partial charge is 0.494 e. The number of hydrogen-bond acceptors (Lipinski definition) is 5. The summed E-state index contributed by atoms with van der Waals surface area (Å²) in [6, 6.07) is 5.92. The molecule has 1 N–H and O–H groups in total. The summed E-state index contributed by atoms with van der Waals surface area (Å²) in [6.45, 7) is 6.61. The molecule has 0 radical (unpaired) electrons. The molecule has 0 saturated carbocycles. The Bertz CT molecular complexity index is 764. The second kappa shape index (κ2) is 8.54. The van der Waals surface area contributed by atoms with Crippen molar-refractivity contribution < 1.29 is 14.6 Å². The fourth-order valence-corrected chi connectivity index (χ4v) is 4.48. The van der Waals surface area contributed by atoms with Gasteiger partial charge in [0.25, 0.3) is 0 Å². The van der Waals surface area contributed by atoms with E-state index in [-0.39, 0.29) is 6.42 Å². The van der Waals surface area contributed by atoms with Crippen molar-refractivity contribution in [2.75, 3.05) is 24.6 Å². The van der Waals surface area contributed by atoms with E-state index in [2.05, 4.69) is 4.90 Å². The summed E-state index contributed by atoms with van der Waals surface area (Å²) in [4.78, 5) is 19.4. The third-order valence-electron chi connectivity index (χ3n) is 4.64. The van der Waals surface area contributed by atoms with E-state index >= 15 is 0 Å². The predicted octanol–water partition coefficient (Wildman–Crippen LogP) is 4.52. The van der Waals surface area contributed by atoms with Gasteiger partial charge >= 0.3 is 5.97 Å². The lowest BCUT2D eigenvalue weighted by atomic mass is 10.0. The number of benzene rings is 1. The zero-order chi connectivity index (χ0) is 18.5. The van der Waals surface area contributed by atoms with E-state index in [0.29, 0.717) is 6.61 Å². The highest BCUT2D eigenvalue weighted by molar-refractivity contribution is 7.16. The molecule has 1 aliphatic heterocycles. The number of carboxylic acid groups (broad SMARTS) is 1. The lowest BCUT2D eigenvalue weighted by Crippen LogP contribution is -2.23. The van der Waals surface area contributed by atoms with Gasteiger partial charge in [0.15, 0.2) is 5.13 Å². The third kappa shape index (κ3) is 4.36. The van der Waals surface area contributed by atoms with Crippen LogP contribution in [0.1, 0.15) is 43.0 Å². The first-order chi connectivity index (χ1) is 12.6. The van der Waals surface area contributed by atoms with Gasteiger partial charge in [-0.3, -0.25) is 4.79 Å². The fraction of sp³-hybridized carbons (Fsp3) is 0.500. The second-order valence-corrected chi connectivity index (χ2v) is 7.71. The van der Waals surface area contributed by atoms with Crippen molar-refractivity contribution >= 4 is 22.4 Å². The number of aromatic nitrogens is 1. The van der Waals surface area contributed by atoms with Crippen LogP contribution in [-0.2, 0) is 11.2 Å². The average Bonchev–Trinajstić information content (AvgIpc) is 2.82. The number of aryl methyl sites for hydroxylation is 1. The summed E-state index contributed by atoms with van der Waals surface area (Å²) < 4.78 is 5.57. The lowest BCUT2D eigenvalue weighted by Gasteiger charge is -2.18. The van der Waals surface area contributed by atoms with E-state index in [1.807, 2.05) is 32.0 Å². The Balaban J connectivity index is 1.97. The first-order valence-corrected chi connectivity index (χ1v) is 10.1. The zero-order valence-electron chi connectivity index (χ0n) is 15.5. The summed E-state index contributed by atoms with van der Waals surface area (Å²) in [7, 11) is 0. The van der Waals surface area contributed by atoms with Gasteiger partial charge in [-0.05, 0) is 50.5 Å². The predicted molar refractivity (Wildman–Crippen MR) is 105 cm³/mol. The number of rotatable bonds is 6. The van der Waals surface area contributed by atoms with Crippen LogP contribution in [0.25, 0.3) is 11.3 Å². The molecule has 1 aliphatic rings. The molecule has 6 heteroatoms. The number of hydrogen-bond donors (Lipinski definition) is 1. The van der Waals surface area contributed by atoms with E-state index in [9.17, 15) is 9.90 Å². The van der Waals surface area contributed by atoms with E-state index in [1.165, 1.54) is 37.0 Å². The van der Waals surface area contributed by atoms with Crippen LogP contribution in [0.3, 0.4) is 0 Å². The second-order valence-electron chi connectivity index (χ2n) is 6.65. The van der Waals surface area contributed by atoms with Crippen LogP contribution in [0, 0.1) is 6.92 Å². The summed E-state index contributed by atoms with van der Waals surface area (Å²) in [5.41, 5.74) is 2.84. The topological polar surface area (TPSA) is 62.7 Å². The van der Waals surface area contributed by atoms with Crippen molar-refractivity contribution in [1.29, 1.82) is 0 Å². The van der Waals surface area contributed by atoms with E-state index in [4.69, 9.17) is 9.72 Å². The molecule has 1 fully saturated rings. The van der Waals surface area contributed by atoms with Crippen LogP contribution in [0.15, 0.2) is 18.2 Å². The van der Waals surface area contributed by atoms with Gasteiger partial charge in [-0.15, -0.1) is 11.3 Å². The molecule has 0 bridgehead atoms. The van der Waals surface area contributed by atoms with E-state index < -0.39 is 5.97 Å². The Labute approximate surface area is 158 Å². The van der Waals surface area contributed by atoms with E-state index in [1.54, 1.807) is 0 Å². The van der Waals surface area contributed by atoms with Crippen LogP contribution in [0.2, 0.25) is 0 Å². The fourth-order valence-electron chi connectivity index (χ4n) is 3.36. The monoisotopic (exact) mass is 374 g/mol. The Morgan fingerprint density at radius 3 is 2.62 bits per heavy atom. The highest BCUT2D eigenvalue weighted by Gasteiger charge is 2.21. The quantitative estimate of drug-likeness (QED) is 0.805. The average molecular weight is 375 g/mol. The van der Waals surface area contributed by atoms with Crippen LogP contribution in [-0.4, -0.2) is 35.8 Å². The molecule has 1 aromatic heterocycles. The molecule has 0 spiro atoms. The summed E-state index contributed by atoms with van der Waals surface area (Å²) >= 11 is 1.52. The minimum atomic E-state index is -0.819. The smallest absolute Gasteiger partial charge is 0.308 e. The number of aliphatic carboxylic acids is 1. The molecule has 140 valence electrons. The van der Waals surface area contributed by atoms with Gasteiger partial charge in [0.05, 0.1) is 18.7 Å². The van der Waals surface area contributed by atoms with Gasteiger partial charge in [-0.1, -0.05) is 12.8 Å². The van der Waals surface area contributed by atoms with Gasteiger partial charge in [0, 0.05) is 23.5 Å². The van der Waals surface area contributed by atoms with Gasteiger partial charge in [0.2, 0.25) is 0 Å². The zero-order valence-corrected chi connectivity index (χ0v) is 16.3. The molecule has 2 heterocycles. The van der Waals surface area contributed by atoms with Crippen molar-refractivity contribution in [3.05, 3.63) is 28.6 Å². The van der Waals surface area contributed by atoms with Crippen LogP contribution in [0.4, 0.5) is 5.13 Å². The molecule has 0 atom stereocenters. The molecule has 5 nitrogen and oxygen atoms in total. The van der Waals surface area contributed by atoms with Crippen LogP contribution >= 0.6 is 11.3 Å². The van der Waals surface area contributed by atoms with Crippen molar-refractivity contribution in [2.24, 2.45) is 0 Å². The molecule has 26 heavy (non-hydrogen) atoms. The maximum absolute atomic E-state index is 11.4. The number of ether oxygens (including phenoxy) is 1. The van der Waals surface area contributed by atoms with Gasteiger partial charge in [0.1, 0.15) is 5.75 Å². The van der Waals surface area contributed by atoms with Crippen molar-refractivity contribution in [1.82, 2.24) is 4.98 Å². The summed E-state index contributed by atoms with van der Waals surface area (Å²) in [6.07, 6.45) is 4.87. The highest BCUT2D eigenvalue weighted by Crippen LogP contribution is 2.36. The molecule has 2 aromatic rings. The molecule has 0 aliphatic carbocycles. The lowest BCUT2D eigenvalue weighted by molar-refractivity contribution is -0.136. The Hall–Kier alpha value is -2.08. The number of thiazole rings is 1. The van der Waals surface area contributed by atoms with Gasteiger partial charge in [-0.2, -0.15) is 0 Å². The van der Waals surface area contributed by atoms with Crippen molar-refractivity contribution in [2.45, 2.75) is 46.0 Å². The number of anilines is 1. The van der Waals surface area contributed by atoms with Crippen LogP contribution < -0.4 is 9.64 Å². The molecular weight excluding hydrogens is 348 g/mol. The van der Waals surface area contributed by atoms with Crippen molar-refractivity contribution in [3.63, 3.8) is 0 Å². The highest BCUT2D eigenvalue weighted by atomic mass is 32.1. The molecule has 0 amide bonds. The van der Waals surface area contributed by atoms with Crippen molar-refractivity contribution in [3.8, 4) is 17.0 Å². The van der Waals surface area contributed by atoms with Crippen LogP contribution in [0.5, 0.6) is 5.75 Å². The molecular formula is C20H26N2O3S. The van der Waals surface area contributed by atoms with Gasteiger partial charge in [-0.25, -0.2) is 4.98 Å². The number of nitrogens with zero attached hydrogens (tertiary/aromatic N) is 2. The minimum Gasteiger partial charge on any atom is -0.494 e. The standard InChI is InChI=1S/C20H26N2O3S/c1-3-25-15-8-9-16(14(2)12-15)19-17(13-18(23)24)26-20(21-19)22-10-6-4-5-7-11-22/h8-9,12H,3-7,10-11,13H2,1-2H3,(H,23,24). The molecule has 3 rings (SSSR count). The SMILES string of the molecule is CCOc1ccc(-c2nc(N3CCCCCC3)sc2CC(=O)O)c(C)c1. The van der Waals surface area contributed by atoms with Gasteiger partial charge < -0.3 is 14.7 Å². The molecule has 1 aromatic carbocycles. The minimum absolute atomic E-state index is 0.00743. The maximum Gasteiger partial charge on any atom is 0.308 e. The summed E-state index contributed by atoms with van der Waals surface area (Å²) in [5, 5.41) is 10.3. The molecule has 0 unspecified atom stereocenters. The first-order valence-electron chi connectivity index (χ1n) is 9.28. The number of carboxylic acids is 1. The maximum atomic E-state index is 11.4. The third-order valence-corrected chi connectivity index (χ3v) is 5.75. The molecule has 1 saturated heterocycles. The Kier molecular flexibility index (Phi) is 6.14.